The second-order valence-corrected chi connectivity index (χ2v) is 6.68. The minimum atomic E-state index is -0.375. The summed E-state index contributed by atoms with van der Waals surface area (Å²) < 4.78 is 21.8. The van der Waals surface area contributed by atoms with E-state index in [1.807, 2.05) is 32.0 Å². The molecule has 1 aromatic heterocycles. The highest BCUT2D eigenvalue weighted by Gasteiger charge is 2.34. The van der Waals surface area contributed by atoms with Gasteiger partial charge in [0.2, 0.25) is 11.8 Å². The van der Waals surface area contributed by atoms with Crippen LogP contribution < -0.4 is 0 Å². The molecule has 0 bridgehead atoms. The molecular formula is C17H23N3O4. The Morgan fingerprint density at radius 3 is 1.79 bits per heavy atom. The lowest BCUT2D eigenvalue weighted by molar-refractivity contribution is 0.121. The zero-order chi connectivity index (χ0) is 17.2. The summed E-state index contributed by atoms with van der Waals surface area (Å²) in [6.45, 7) is 5.95. The lowest BCUT2D eigenvalue weighted by Gasteiger charge is -2.15. The molecule has 0 aromatic carbocycles. The zero-order valence-electron chi connectivity index (χ0n) is 14.5. The Labute approximate surface area is 141 Å². The third-order valence-electron chi connectivity index (χ3n) is 3.88. The molecule has 0 amide bonds. The van der Waals surface area contributed by atoms with Gasteiger partial charge in [0.1, 0.15) is 35.7 Å². The van der Waals surface area contributed by atoms with E-state index in [2.05, 4.69) is 15.0 Å². The predicted molar refractivity (Wildman–Crippen MR) is 89.8 cm³/mol. The van der Waals surface area contributed by atoms with Gasteiger partial charge in [0.15, 0.2) is 0 Å². The zero-order valence-corrected chi connectivity index (χ0v) is 14.5. The van der Waals surface area contributed by atoms with Gasteiger partial charge in [-0.15, -0.1) is 0 Å². The van der Waals surface area contributed by atoms with Crippen LogP contribution in [0, 0.1) is 0 Å². The standard InChI is InChI=1S/C17H23N3O4/c1-16(8-21-3)10-23-14(19-16)12-6-5-7-13(18-12)15-20-17(2,9-22-4)11-24-15/h5-7H,8-11H2,1-4H3. The number of aliphatic imine (C=N–C) groups is 2. The highest BCUT2D eigenvalue weighted by molar-refractivity contribution is 5.97. The van der Waals surface area contributed by atoms with Crippen molar-refractivity contribution in [2.75, 3.05) is 40.6 Å². The molecule has 3 heterocycles. The highest BCUT2D eigenvalue weighted by Crippen LogP contribution is 2.23. The maximum atomic E-state index is 5.71. The lowest BCUT2D eigenvalue weighted by atomic mass is 10.1. The van der Waals surface area contributed by atoms with Gasteiger partial charge in [0, 0.05) is 14.2 Å². The van der Waals surface area contributed by atoms with E-state index in [0.717, 1.165) is 0 Å². The molecule has 0 spiro atoms. The summed E-state index contributed by atoms with van der Waals surface area (Å²) in [7, 11) is 3.31. The van der Waals surface area contributed by atoms with Crippen molar-refractivity contribution in [2.45, 2.75) is 24.9 Å². The van der Waals surface area contributed by atoms with Crippen molar-refractivity contribution in [2.24, 2.45) is 9.98 Å². The summed E-state index contributed by atoms with van der Waals surface area (Å²) in [4.78, 5) is 13.8. The summed E-state index contributed by atoms with van der Waals surface area (Å²) in [6.07, 6.45) is 0. The second-order valence-electron chi connectivity index (χ2n) is 6.68. The smallest absolute Gasteiger partial charge is 0.236 e. The molecule has 0 radical (unpaired) electrons. The van der Waals surface area contributed by atoms with Crippen LogP contribution in [0.5, 0.6) is 0 Å². The van der Waals surface area contributed by atoms with Gasteiger partial charge < -0.3 is 18.9 Å². The molecule has 2 unspecified atom stereocenters. The van der Waals surface area contributed by atoms with Gasteiger partial charge in [-0.3, -0.25) is 0 Å². The van der Waals surface area contributed by atoms with Crippen molar-refractivity contribution in [1.29, 1.82) is 0 Å². The number of nitrogens with zero attached hydrogens (tertiary/aromatic N) is 3. The number of pyridine rings is 1. The molecule has 130 valence electrons. The van der Waals surface area contributed by atoms with E-state index < -0.39 is 0 Å². The molecule has 2 aliphatic heterocycles. The molecule has 0 N–H and O–H groups in total. The second kappa shape index (κ2) is 6.49. The highest BCUT2D eigenvalue weighted by atomic mass is 16.5. The molecule has 0 saturated heterocycles. The minimum absolute atomic E-state index is 0.375. The first-order valence-corrected chi connectivity index (χ1v) is 7.88. The van der Waals surface area contributed by atoms with Crippen LogP contribution in [0.4, 0.5) is 0 Å². The van der Waals surface area contributed by atoms with E-state index in [0.29, 0.717) is 49.6 Å². The SMILES string of the molecule is COCC1(C)COC(c2cccc(C3=NC(C)(COC)CO3)n2)=N1. The third-order valence-corrected chi connectivity index (χ3v) is 3.88. The van der Waals surface area contributed by atoms with E-state index in [9.17, 15) is 0 Å². The van der Waals surface area contributed by atoms with Gasteiger partial charge in [-0.25, -0.2) is 15.0 Å². The summed E-state index contributed by atoms with van der Waals surface area (Å²) in [5.41, 5.74) is 0.582. The van der Waals surface area contributed by atoms with Crippen LogP contribution in [0.3, 0.4) is 0 Å². The fraction of sp³-hybridized carbons (Fsp3) is 0.588. The number of hydrogen-bond donors (Lipinski definition) is 0. The molecule has 0 saturated carbocycles. The first-order valence-electron chi connectivity index (χ1n) is 7.88. The number of hydrogen-bond acceptors (Lipinski definition) is 7. The largest absolute Gasteiger partial charge is 0.474 e. The Morgan fingerprint density at radius 2 is 1.38 bits per heavy atom. The molecule has 24 heavy (non-hydrogen) atoms. The maximum Gasteiger partial charge on any atom is 0.236 e. The average Bonchev–Trinajstić information content (AvgIpc) is 3.12. The van der Waals surface area contributed by atoms with E-state index in [1.165, 1.54) is 0 Å². The number of rotatable bonds is 6. The number of aromatic nitrogens is 1. The summed E-state index contributed by atoms with van der Waals surface area (Å²) >= 11 is 0. The quantitative estimate of drug-likeness (QED) is 0.787. The maximum absolute atomic E-state index is 5.71. The van der Waals surface area contributed by atoms with E-state index in [1.54, 1.807) is 14.2 Å². The minimum Gasteiger partial charge on any atom is -0.474 e. The Hall–Kier alpha value is -1.99. The Morgan fingerprint density at radius 1 is 0.917 bits per heavy atom. The van der Waals surface area contributed by atoms with Gasteiger partial charge in [-0.2, -0.15) is 0 Å². The molecule has 2 atom stereocenters. The number of methoxy groups -OCH3 is 2. The van der Waals surface area contributed by atoms with Gasteiger partial charge in [-0.1, -0.05) is 6.07 Å². The van der Waals surface area contributed by atoms with Crippen LogP contribution in [-0.2, 0) is 18.9 Å². The first-order chi connectivity index (χ1) is 11.5. The molecule has 7 nitrogen and oxygen atoms in total. The molecular weight excluding hydrogens is 310 g/mol. The van der Waals surface area contributed by atoms with Crippen LogP contribution in [-0.4, -0.2) is 68.5 Å². The number of ether oxygens (including phenoxy) is 4. The van der Waals surface area contributed by atoms with Crippen LogP contribution >= 0.6 is 0 Å². The fourth-order valence-corrected chi connectivity index (χ4v) is 2.77. The normalized spacial score (nSPS) is 29.0. The van der Waals surface area contributed by atoms with Crippen LogP contribution in [0.2, 0.25) is 0 Å². The summed E-state index contributed by atoms with van der Waals surface area (Å²) in [5, 5.41) is 0. The monoisotopic (exact) mass is 333 g/mol. The summed E-state index contributed by atoms with van der Waals surface area (Å²) in [6, 6.07) is 5.63. The van der Waals surface area contributed by atoms with Gasteiger partial charge in [0.25, 0.3) is 0 Å². The summed E-state index contributed by atoms with van der Waals surface area (Å²) in [5.74, 6) is 1.05. The molecule has 2 aliphatic rings. The molecule has 0 fully saturated rings. The van der Waals surface area contributed by atoms with Crippen molar-refractivity contribution in [3.8, 4) is 0 Å². The van der Waals surface area contributed by atoms with Crippen LogP contribution in [0.15, 0.2) is 28.2 Å². The van der Waals surface area contributed by atoms with Crippen molar-refractivity contribution in [1.82, 2.24) is 4.98 Å². The lowest BCUT2D eigenvalue weighted by Crippen LogP contribution is -2.29. The van der Waals surface area contributed by atoms with Crippen molar-refractivity contribution in [3.05, 3.63) is 29.6 Å². The molecule has 3 rings (SSSR count). The van der Waals surface area contributed by atoms with Crippen molar-refractivity contribution in [3.63, 3.8) is 0 Å². The Kier molecular flexibility index (Phi) is 4.56. The van der Waals surface area contributed by atoms with Crippen LogP contribution in [0.25, 0.3) is 0 Å². The van der Waals surface area contributed by atoms with Crippen LogP contribution in [0.1, 0.15) is 25.2 Å². The molecule has 0 aliphatic carbocycles. The van der Waals surface area contributed by atoms with Gasteiger partial charge >= 0.3 is 0 Å². The molecule has 7 heteroatoms. The topological polar surface area (TPSA) is 74.5 Å². The first kappa shape index (κ1) is 16.9. The van der Waals surface area contributed by atoms with Crippen molar-refractivity contribution >= 4 is 11.8 Å². The average molecular weight is 333 g/mol. The Balaban J connectivity index is 1.84. The van der Waals surface area contributed by atoms with E-state index in [-0.39, 0.29) is 11.1 Å². The third kappa shape index (κ3) is 3.42. The fourth-order valence-electron chi connectivity index (χ4n) is 2.77. The van der Waals surface area contributed by atoms with Crippen molar-refractivity contribution < 1.29 is 18.9 Å². The van der Waals surface area contributed by atoms with Gasteiger partial charge in [-0.05, 0) is 26.0 Å². The van der Waals surface area contributed by atoms with E-state index >= 15 is 0 Å². The van der Waals surface area contributed by atoms with Gasteiger partial charge in [0.05, 0.1) is 13.2 Å². The Bertz CT molecular complexity index is 622. The molecule has 1 aromatic rings. The van der Waals surface area contributed by atoms with E-state index in [4.69, 9.17) is 18.9 Å². The predicted octanol–water partition coefficient (Wildman–Crippen LogP) is 1.45.